The number of likely N-dealkylation sites (N-methyl/N-ethyl adjacent to an activating group) is 1. The molecule has 116 valence electrons. The average Bonchev–Trinajstić information content (AvgIpc) is 2.86. The fourth-order valence-corrected chi connectivity index (χ4v) is 2.55. The second-order valence-corrected chi connectivity index (χ2v) is 6.09. The monoisotopic (exact) mass is 381 g/mol. The Morgan fingerprint density at radius 2 is 2.18 bits per heavy atom. The predicted octanol–water partition coefficient (Wildman–Crippen LogP) is 3.99. The molecule has 0 N–H and O–H groups in total. The van der Waals surface area contributed by atoms with Gasteiger partial charge in [0.2, 0.25) is 5.91 Å². The third-order valence-corrected chi connectivity index (χ3v) is 4.19. The van der Waals surface area contributed by atoms with Gasteiger partial charge in [-0.05, 0) is 40.6 Å². The number of aromatic nitrogens is 2. The molecular formula is C16H17BrClN3O. The van der Waals surface area contributed by atoms with Crippen LogP contribution in [0.3, 0.4) is 0 Å². The lowest BCUT2D eigenvalue weighted by Crippen LogP contribution is -2.24. The fourth-order valence-electron chi connectivity index (χ4n) is 1.91. The summed E-state index contributed by atoms with van der Waals surface area (Å²) in [6.45, 7) is 3.26. The van der Waals surface area contributed by atoms with Crippen LogP contribution in [0.4, 0.5) is 0 Å². The van der Waals surface area contributed by atoms with E-state index in [2.05, 4.69) is 21.0 Å². The smallest absolute Gasteiger partial charge is 0.246 e. The first-order valence-corrected chi connectivity index (χ1v) is 8.08. The molecule has 0 saturated heterocycles. The molecule has 1 aromatic heterocycles. The Hall–Kier alpha value is -1.59. The molecule has 0 bridgehead atoms. The Labute approximate surface area is 143 Å². The van der Waals surface area contributed by atoms with Crippen molar-refractivity contribution in [1.82, 2.24) is 14.7 Å². The molecule has 2 aromatic rings. The summed E-state index contributed by atoms with van der Waals surface area (Å²) in [4.78, 5) is 13.8. The number of hydrogen-bond donors (Lipinski definition) is 0. The van der Waals surface area contributed by atoms with Gasteiger partial charge in [-0.15, -0.1) is 0 Å². The molecule has 0 unspecified atom stereocenters. The van der Waals surface area contributed by atoms with Crippen molar-refractivity contribution >= 4 is 39.5 Å². The minimum absolute atomic E-state index is 0.0992. The molecule has 4 nitrogen and oxygen atoms in total. The van der Waals surface area contributed by atoms with Crippen LogP contribution in [0.25, 0.3) is 6.08 Å². The van der Waals surface area contributed by atoms with Crippen LogP contribution in [0.5, 0.6) is 0 Å². The molecule has 1 heterocycles. The third kappa shape index (κ3) is 4.21. The van der Waals surface area contributed by atoms with Crippen LogP contribution in [-0.4, -0.2) is 27.6 Å². The molecule has 1 aromatic carbocycles. The number of aryl methyl sites for hydroxylation is 1. The topological polar surface area (TPSA) is 38.1 Å². The maximum absolute atomic E-state index is 12.2. The van der Waals surface area contributed by atoms with Crippen LogP contribution in [-0.2, 0) is 17.9 Å². The first-order valence-electron chi connectivity index (χ1n) is 6.90. The summed E-state index contributed by atoms with van der Waals surface area (Å²) in [6, 6.07) is 7.40. The molecule has 6 heteroatoms. The summed E-state index contributed by atoms with van der Waals surface area (Å²) in [5.74, 6) is -0.0992. The maximum atomic E-state index is 12.2. The minimum Gasteiger partial charge on any atom is -0.336 e. The Balaban J connectivity index is 2.03. The van der Waals surface area contributed by atoms with Crippen molar-refractivity contribution in [1.29, 1.82) is 0 Å². The second-order valence-electron chi connectivity index (χ2n) is 4.83. The van der Waals surface area contributed by atoms with Crippen molar-refractivity contribution in [3.63, 3.8) is 0 Å². The highest BCUT2D eigenvalue weighted by molar-refractivity contribution is 9.10. The van der Waals surface area contributed by atoms with E-state index in [-0.39, 0.29) is 5.91 Å². The van der Waals surface area contributed by atoms with Gasteiger partial charge >= 0.3 is 0 Å². The number of carbonyl (C=O) groups excluding carboxylic acids is 1. The fraction of sp³-hybridized carbons (Fsp3) is 0.250. The van der Waals surface area contributed by atoms with Crippen LogP contribution in [0.2, 0.25) is 5.02 Å². The Morgan fingerprint density at radius 1 is 1.45 bits per heavy atom. The van der Waals surface area contributed by atoms with E-state index in [9.17, 15) is 4.79 Å². The van der Waals surface area contributed by atoms with E-state index in [1.807, 2.05) is 36.0 Å². The van der Waals surface area contributed by atoms with Crippen LogP contribution in [0.15, 0.2) is 41.0 Å². The summed E-state index contributed by atoms with van der Waals surface area (Å²) < 4.78 is 2.74. The third-order valence-electron chi connectivity index (χ3n) is 3.19. The summed E-state index contributed by atoms with van der Waals surface area (Å²) >= 11 is 9.53. The number of carbonyl (C=O) groups is 1. The summed E-state index contributed by atoms with van der Waals surface area (Å²) in [7, 11) is 1.75. The van der Waals surface area contributed by atoms with Gasteiger partial charge in [-0.2, -0.15) is 5.10 Å². The van der Waals surface area contributed by atoms with Crippen LogP contribution < -0.4 is 0 Å². The van der Waals surface area contributed by atoms with E-state index in [1.54, 1.807) is 24.1 Å². The highest BCUT2D eigenvalue weighted by Crippen LogP contribution is 2.18. The zero-order chi connectivity index (χ0) is 16.1. The van der Waals surface area contributed by atoms with Gasteiger partial charge in [0.05, 0.1) is 16.7 Å². The zero-order valence-electron chi connectivity index (χ0n) is 12.5. The van der Waals surface area contributed by atoms with E-state index >= 15 is 0 Å². The second kappa shape index (κ2) is 7.61. The highest BCUT2D eigenvalue weighted by Gasteiger charge is 2.12. The zero-order valence-corrected chi connectivity index (χ0v) is 14.8. The highest BCUT2D eigenvalue weighted by atomic mass is 79.9. The first-order chi connectivity index (χ1) is 10.5. The molecule has 1 amide bonds. The number of benzene rings is 1. The van der Waals surface area contributed by atoms with Crippen molar-refractivity contribution in [2.24, 2.45) is 0 Å². The van der Waals surface area contributed by atoms with Crippen molar-refractivity contribution in [2.75, 3.05) is 7.05 Å². The van der Waals surface area contributed by atoms with Gasteiger partial charge in [0.15, 0.2) is 0 Å². The number of amides is 1. The normalized spacial score (nSPS) is 11.1. The molecular weight excluding hydrogens is 366 g/mol. The summed E-state index contributed by atoms with van der Waals surface area (Å²) in [5.41, 5.74) is 1.66. The lowest BCUT2D eigenvalue weighted by atomic mass is 10.2. The van der Waals surface area contributed by atoms with Gasteiger partial charge in [-0.1, -0.05) is 29.8 Å². The molecule has 0 aliphatic rings. The van der Waals surface area contributed by atoms with Crippen LogP contribution >= 0.6 is 27.5 Å². The van der Waals surface area contributed by atoms with Crippen LogP contribution in [0, 0.1) is 0 Å². The van der Waals surface area contributed by atoms with Gasteiger partial charge in [-0.25, -0.2) is 0 Å². The van der Waals surface area contributed by atoms with Crippen molar-refractivity contribution in [3.05, 3.63) is 57.3 Å². The minimum atomic E-state index is -0.0992. The van der Waals surface area contributed by atoms with Crippen LogP contribution in [0.1, 0.15) is 18.2 Å². The van der Waals surface area contributed by atoms with E-state index in [1.165, 1.54) is 6.08 Å². The molecule has 2 rings (SSSR count). The van der Waals surface area contributed by atoms with Crippen molar-refractivity contribution < 1.29 is 4.79 Å². The quantitative estimate of drug-likeness (QED) is 0.733. The maximum Gasteiger partial charge on any atom is 0.246 e. The van der Waals surface area contributed by atoms with E-state index in [0.717, 1.165) is 22.3 Å². The van der Waals surface area contributed by atoms with E-state index in [4.69, 9.17) is 11.6 Å². The largest absolute Gasteiger partial charge is 0.336 e. The molecule has 0 radical (unpaired) electrons. The van der Waals surface area contributed by atoms with E-state index < -0.39 is 0 Å². The van der Waals surface area contributed by atoms with Gasteiger partial charge in [0.1, 0.15) is 0 Å². The molecule has 0 atom stereocenters. The molecule has 0 saturated carbocycles. The number of halogens is 2. The Bertz CT molecular complexity index is 696. The first kappa shape index (κ1) is 16.8. The lowest BCUT2D eigenvalue weighted by Gasteiger charge is -2.13. The Kier molecular flexibility index (Phi) is 5.80. The summed E-state index contributed by atoms with van der Waals surface area (Å²) in [5, 5.41) is 5.04. The van der Waals surface area contributed by atoms with Gasteiger partial charge in [0, 0.05) is 30.9 Å². The summed E-state index contributed by atoms with van der Waals surface area (Å²) in [6.07, 6.45) is 5.15. The molecule has 0 spiro atoms. The number of rotatable bonds is 5. The average molecular weight is 383 g/mol. The van der Waals surface area contributed by atoms with Gasteiger partial charge in [0.25, 0.3) is 0 Å². The molecule has 22 heavy (non-hydrogen) atoms. The van der Waals surface area contributed by atoms with Crippen molar-refractivity contribution in [3.8, 4) is 0 Å². The predicted molar refractivity (Wildman–Crippen MR) is 92.6 cm³/mol. The van der Waals surface area contributed by atoms with Gasteiger partial charge in [-0.3, -0.25) is 9.48 Å². The van der Waals surface area contributed by atoms with Gasteiger partial charge < -0.3 is 4.90 Å². The lowest BCUT2D eigenvalue weighted by molar-refractivity contribution is -0.125. The molecule has 0 aliphatic carbocycles. The SMILES string of the molecule is CCn1cc(Br)c(CN(C)C(=O)/C=C/c2ccccc2Cl)n1. The number of hydrogen-bond acceptors (Lipinski definition) is 2. The number of nitrogens with zero attached hydrogens (tertiary/aromatic N) is 3. The Morgan fingerprint density at radius 3 is 2.82 bits per heavy atom. The standard InChI is InChI=1S/C16H17BrClN3O/c1-3-21-10-13(17)15(19-21)11-20(2)16(22)9-8-12-6-4-5-7-14(12)18/h4-10H,3,11H2,1-2H3/b9-8+. The molecule has 0 fully saturated rings. The molecule has 0 aliphatic heterocycles. The van der Waals surface area contributed by atoms with Crippen molar-refractivity contribution in [2.45, 2.75) is 20.0 Å². The van der Waals surface area contributed by atoms with E-state index in [0.29, 0.717) is 11.6 Å².